The maximum Gasteiger partial charge on any atom is 0.185 e. The molecule has 0 aromatic carbocycles. The highest BCUT2D eigenvalue weighted by atomic mass is 35.5. The van der Waals surface area contributed by atoms with Crippen molar-refractivity contribution in [3.05, 3.63) is 35.4 Å². The van der Waals surface area contributed by atoms with E-state index in [0.29, 0.717) is 29.9 Å². The molecular weight excluding hydrogens is 238 g/mol. The van der Waals surface area contributed by atoms with E-state index in [0.717, 1.165) is 0 Å². The Labute approximate surface area is 107 Å². The number of aliphatic hydroxyl groups excluding tert-OH is 1. The van der Waals surface area contributed by atoms with Crippen LogP contribution in [0.25, 0.3) is 0 Å². The number of ketones is 1. The minimum atomic E-state index is -1.23. The molecule has 0 spiro atoms. The fourth-order valence-corrected chi connectivity index (χ4v) is 2.16. The molecular formula is C13H18ClNO2. The summed E-state index contributed by atoms with van der Waals surface area (Å²) in [6.07, 6.45) is 5.83. The highest BCUT2D eigenvalue weighted by Crippen LogP contribution is 2.33. The number of hydrogen-bond donors (Lipinski definition) is 2. The molecule has 2 atom stereocenters. The van der Waals surface area contributed by atoms with E-state index in [1.807, 2.05) is 13.0 Å². The number of halogens is 1. The molecule has 1 aliphatic carbocycles. The van der Waals surface area contributed by atoms with Crippen molar-refractivity contribution in [2.75, 3.05) is 0 Å². The van der Waals surface area contributed by atoms with Gasteiger partial charge >= 0.3 is 0 Å². The van der Waals surface area contributed by atoms with Crippen LogP contribution in [0.3, 0.4) is 0 Å². The number of allylic oxidation sites excluding steroid dienone is 3. The molecule has 0 heterocycles. The van der Waals surface area contributed by atoms with Gasteiger partial charge in [0, 0.05) is 5.03 Å². The van der Waals surface area contributed by atoms with E-state index in [2.05, 4.69) is 6.58 Å². The van der Waals surface area contributed by atoms with Crippen LogP contribution in [0.1, 0.15) is 26.2 Å². The first-order chi connectivity index (χ1) is 7.93. The Kier molecular flexibility index (Phi) is 4.69. The van der Waals surface area contributed by atoms with Gasteiger partial charge in [-0.25, -0.2) is 0 Å². The largest absolute Gasteiger partial charge is 0.385 e. The maximum atomic E-state index is 11.9. The standard InChI is InChI=1S/C13H18ClNO2/c1-3-4-6-10(14)9(2)13(15)8-5-7-11(16)12(13)17/h3-4,6,11,16H,2,5,7-8,15H2,1H3/b4-3-,10-6+/t11-,13-/m1/s1. The Balaban J connectivity index is 2.97. The first-order valence-corrected chi connectivity index (χ1v) is 6.00. The van der Waals surface area contributed by atoms with Crippen LogP contribution in [0, 0.1) is 0 Å². The lowest BCUT2D eigenvalue weighted by Gasteiger charge is -2.35. The monoisotopic (exact) mass is 255 g/mol. The zero-order chi connectivity index (χ0) is 13.1. The fourth-order valence-electron chi connectivity index (χ4n) is 1.92. The van der Waals surface area contributed by atoms with E-state index in [1.165, 1.54) is 0 Å². The Morgan fingerprint density at radius 1 is 1.71 bits per heavy atom. The smallest absolute Gasteiger partial charge is 0.185 e. The van der Waals surface area contributed by atoms with Gasteiger partial charge in [-0.05, 0) is 37.8 Å². The summed E-state index contributed by atoms with van der Waals surface area (Å²) in [7, 11) is 0. The molecule has 0 saturated heterocycles. The van der Waals surface area contributed by atoms with E-state index in [-0.39, 0.29) is 5.78 Å². The third kappa shape index (κ3) is 2.86. The van der Waals surface area contributed by atoms with Crippen LogP contribution in [0.5, 0.6) is 0 Å². The lowest BCUT2D eigenvalue weighted by Crippen LogP contribution is -2.56. The van der Waals surface area contributed by atoms with E-state index in [9.17, 15) is 9.90 Å². The molecule has 3 N–H and O–H groups in total. The predicted octanol–water partition coefficient (Wildman–Crippen LogP) is 2.05. The zero-order valence-electron chi connectivity index (χ0n) is 9.95. The number of carbonyl (C=O) groups excluding carboxylic acids is 1. The predicted molar refractivity (Wildman–Crippen MR) is 69.7 cm³/mol. The Morgan fingerprint density at radius 3 is 2.94 bits per heavy atom. The molecule has 1 fully saturated rings. The minimum absolute atomic E-state index is 0.355. The summed E-state index contributed by atoms with van der Waals surface area (Å²) in [6, 6.07) is 0. The maximum absolute atomic E-state index is 11.9. The molecule has 1 rings (SSSR count). The van der Waals surface area contributed by atoms with Crippen LogP contribution < -0.4 is 5.73 Å². The van der Waals surface area contributed by atoms with Crippen molar-refractivity contribution in [3.63, 3.8) is 0 Å². The summed E-state index contributed by atoms with van der Waals surface area (Å²) in [6.45, 7) is 5.66. The molecule has 0 bridgehead atoms. The Morgan fingerprint density at radius 2 is 2.35 bits per heavy atom. The van der Waals surface area contributed by atoms with Crippen LogP contribution in [0.4, 0.5) is 0 Å². The molecule has 0 unspecified atom stereocenters. The second-order valence-electron chi connectivity index (χ2n) is 4.26. The molecule has 0 aromatic rings. The van der Waals surface area contributed by atoms with Crippen molar-refractivity contribution in [2.24, 2.45) is 5.73 Å². The third-order valence-electron chi connectivity index (χ3n) is 3.05. The number of nitrogens with two attached hydrogens (primary N) is 1. The van der Waals surface area contributed by atoms with E-state index in [4.69, 9.17) is 17.3 Å². The van der Waals surface area contributed by atoms with Gasteiger partial charge in [-0.3, -0.25) is 4.79 Å². The van der Waals surface area contributed by atoms with Gasteiger partial charge < -0.3 is 10.8 Å². The van der Waals surface area contributed by atoms with Crippen molar-refractivity contribution in [2.45, 2.75) is 37.8 Å². The van der Waals surface area contributed by atoms with Gasteiger partial charge in [-0.2, -0.15) is 0 Å². The molecule has 1 saturated carbocycles. The van der Waals surface area contributed by atoms with Crippen LogP contribution in [-0.2, 0) is 4.79 Å². The normalized spacial score (nSPS) is 30.9. The topological polar surface area (TPSA) is 63.3 Å². The van der Waals surface area contributed by atoms with Crippen molar-refractivity contribution < 1.29 is 9.90 Å². The van der Waals surface area contributed by atoms with E-state index < -0.39 is 11.6 Å². The molecule has 1 aliphatic rings. The second-order valence-corrected chi connectivity index (χ2v) is 4.67. The number of carbonyl (C=O) groups is 1. The number of hydrogen-bond acceptors (Lipinski definition) is 3. The number of Topliss-reactive ketones (excluding diaryl/α,β-unsaturated/α-hetero) is 1. The summed E-state index contributed by atoms with van der Waals surface area (Å²) in [5.41, 5.74) is 5.20. The average Bonchev–Trinajstić information content (AvgIpc) is 2.32. The van der Waals surface area contributed by atoms with Gasteiger partial charge in [-0.15, -0.1) is 0 Å². The van der Waals surface area contributed by atoms with Gasteiger partial charge in [-0.1, -0.05) is 30.3 Å². The van der Waals surface area contributed by atoms with Crippen molar-refractivity contribution in [1.82, 2.24) is 0 Å². The lowest BCUT2D eigenvalue weighted by molar-refractivity contribution is -0.134. The summed E-state index contributed by atoms with van der Waals surface area (Å²) in [4.78, 5) is 11.9. The van der Waals surface area contributed by atoms with E-state index in [1.54, 1.807) is 12.2 Å². The number of rotatable bonds is 3. The SMILES string of the molecule is C=C(/C(Cl)=C\C=C/C)[C@]1(N)CCC[C@@H](O)C1=O. The van der Waals surface area contributed by atoms with E-state index >= 15 is 0 Å². The van der Waals surface area contributed by atoms with Gasteiger partial charge in [0.05, 0.1) is 0 Å². The zero-order valence-corrected chi connectivity index (χ0v) is 10.7. The molecule has 0 aromatic heterocycles. The Hall–Kier alpha value is -0.900. The first-order valence-electron chi connectivity index (χ1n) is 5.63. The molecule has 0 amide bonds. The highest BCUT2D eigenvalue weighted by Gasteiger charge is 2.43. The van der Waals surface area contributed by atoms with Crippen LogP contribution >= 0.6 is 11.6 Å². The third-order valence-corrected chi connectivity index (χ3v) is 3.41. The molecule has 3 nitrogen and oxygen atoms in total. The van der Waals surface area contributed by atoms with Gasteiger partial charge in [0.25, 0.3) is 0 Å². The summed E-state index contributed by atoms with van der Waals surface area (Å²) in [5.74, 6) is -0.388. The highest BCUT2D eigenvalue weighted by molar-refractivity contribution is 6.32. The lowest BCUT2D eigenvalue weighted by atomic mass is 9.75. The quantitative estimate of drug-likeness (QED) is 0.759. The molecule has 94 valence electrons. The molecule has 4 heteroatoms. The first kappa shape index (κ1) is 14.2. The van der Waals surface area contributed by atoms with Gasteiger partial charge in [0.15, 0.2) is 5.78 Å². The van der Waals surface area contributed by atoms with Crippen molar-refractivity contribution in [1.29, 1.82) is 0 Å². The summed E-state index contributed by atoms with van der Waals surface area (Å²) in [5, 5.41) is 9.93. The van der Waals surface area contributed by atoms with Crippen LogP contribution in [-0.4, -0.2) is 22.5 Å². The number of aliphatic hydroxyl groups is 1. The van der Waals surface area contributed by atoms with Gasteiger partial charge in [0.1, 0.15) is 11.6 Å². The summed E-state index contributed by atoms with van der Waals surface area (Å²) >= 11 is 6.04. The van der Waals surface area contributed by atoms with Crippen molar-refractivity contribution in [3.8, 4) is 0 Å². The average molecular weight is 256 g/mol. The van der Waals surface area contributed by atoms with Crippen LogP contribution in [0.15, 0.2) is 35.4 Å². The summed E-state index contributed by atoms with van der Waals surface area (Å²) < 4.78 is 0. The Bertz CT molecular complexity index is 387. The molecule has 17 heavy (non-hydrogen) atoms. The minimum Gasteiger partial charge on any atom is -0.385 e. The van der Waals surface area contributed by atoms with Crippen LogP contribution in [0.2, 0.25) is 0 Å². The fraction of sp³-hybridized carbons (Fsp3) is 0.462. The second kappa shape index (κ2) is 5.63. The molecule has 0 radical (unpaired) electrons. The van der Waals surface area contributed by atoms with Gasteiger partial charge in [0.2, 0.25) is 0 Å². The molecule has 0 aliphatic heterocycles. The van der Waals surface area contributed by atoms with Crippen molar-refractivity contribution >= 4 is 17.4 Å².